The standard InChI is InChI=1S/C24H32N2/c1-6-9-21-15-23(21)20-12-10-19(11-13-20)18(8-3)14-22-16-26(5)25-24(22)17(4)7-2/h8,10-14,16-17,21,23H,3,6-7,9,15H2,1-2,4-5H3/b18-14+. The highest BCUT2D eigenvalue weighted by Gasteiger charge is 2.36. The van der Waals surface area contributed by atoms with E-state index in [4.69, 9.17) is 0 Å². The molecule has 1 aromatic carbocycles. The third-order valence-electron chi connectivity index (χ3n) is 5.75. The lowest BCUT2D eigenvalue weighted by molar-refractivity contribution is 0.665. The average Bonchev–Trinajstić information content (AvgIpc) is 3.32. The molecule has 138 valence electrons. The van der Waals surface area contributed by atoms with Crippen molar-refractivity contribution in [2.75, 3.05) is 0 Å². The molecule has 0 N–H and O–H groups in total. The third kappa shape index (κ3) is 4.00. The second-order valence-electron chi connectivity index (χ2n) is 7.77. The quantitative estimate of drug-likeness (QED) is 0.494. The largest absolute Gasteiger partial charge is 0.275 e. The van der Waals surface area contributed by atoms with Gasteiger partial charge in [0.15, 0.2) is 0 Å². The van der Waals surface area contributed by atoms with Crippen LogP contribution in [-0.4, -0.2) is 9.78 Å². The van der Waals surface area contributed by atoms with Gasteiger partial charge in [-0.25, -0.2) is 0 Å². The van der Waals surface area contributed by atoms with E-state index in [0.717, 1.165) is 23.8 Å². The number of aromatic nitrogens is 2. The van der Waals surface area contributed by atoms with E-state index >= 15 is 0 Å². The van der Waals surface area contributed by atoms with Crippen molar-refractivity contribution in [2.45, 2.75) is 58.3 Å². The van der Waals surface area contributed by atoms with Crippen LogP contribution in [0.15, 0.2) is 43.1 Å². The Labute approximate surface area is 158 Å². The second-order valence-corrected chi connectivity index (χ2v) is 7.77. The summed E-state index contributed by atoms with van der Waals surface area (Å²) in [6, 6.07) is 9.13. The Hall–Kier alpha value is -2.09. The molecule has 2 heteroatoms. The van der Waals surface area contributed by atoms with Gasteiger partial charge in [-0.3, -0.25) is 4.68 Å². The first-order valence-corrected chi connectivity index (χ1v) is 10.0. The second kappa shape index (κ2) is 8.07. The molecule has 0 radical (unpaired) electrons. The summed E-state index contributed by atoms with van der Waals surface area (Å²) in [6.45, 7) is 10.8. The molecule has 2 nitrogen and oxygen atoms in total. The van der Waals surface area contributed by atoms with Crippen LogP contribution in [0.3, 0.4) is 0 Å². The van der Waals surface area contributed by atoms with Crippen molar-refractivity contribution < 1.29 is 0 Å². The minimum absolute atomic E-state index is 0.459. The van der Waals surface area contributed by atoms with Crippen molar-refractivity contribution in [2.24, 2.45) is 13.0 Å². The molecule has 0 saturated heterocycles. The summed E-state index contributed by atoms with van der Waals surface area (Å²) in [4.78, 5) is 0. The van der Waals surface area contributed by atoms with Gasteiger partial charge in [-0.05, 0) is 47.5 Å². The van der Waals surface area contributed by atoms with Crippen LogP contribution in [0.2, 0.25) is 0 Å². The Bertz CT molecular complexity index is 779. The normalized spacial score (nSPS) is 20.8. The molecule has 0 amide bonds. The van der Waals surface area contributed by atoms with Gasteiger partial charge in [0.25, 0.3) is 0 Å². The molecule has 3 rings (SSSR count). The molecule has 2 aromatic rings. The SMILES string of the molecule is C=C/C(=C\c1cn(C)nc1C(C)CC)c1ccc(C2CC2CCC)cc1. The van der Waals surface area contributed by atoms with Crippen LogP contribution < -0.4 is 0 Å². The Morgan fingerprint density at radius 1 is 1.31 bits per heavy atom. The summed E-state index contributed by atoms with van der Waals surface area (Å²) >= 11 is 0. The van der Waals surface area contributed by atoms with Crippen LogP contribution in [0.4, 0.5) is 0 Å². The van der Waals surface area contributed by atoms with Crippen LogP contribution in [0.25, 0.3) is 11.6 Å². The highest BCUT2D eigenvalue weighted by molar-refractivity contribution is 5.87. The van der Waals surface area contributed by atoms with E-state index in [1.54, 1.807) is 0 Å². The van der Waals surface area contributed by atoms with E-state index in [1.807, 2.05) is 17.8 Å². The van der Waals surface area contributed by atoms with Gasteiger partial charge in [0.2, 0.25) is 0 Å². The monoisotopic (exact) mass is 348 g/mol. The zero-order valence-corrected chi connectivity index (χ0v) is 16.7. The fourth-order valence-corrected chi connectivity index (χ4v) is 3.91. The van der Waals surface area contributed by atoms with Gasteiger partial charge in [-0.15, -0.1) is 0 Å². The number of rotatable bonds is 8. The lowest BCUT2D eigenvalue weighted by atomic mass is 9.97. The molecule has 3 unspecified atom stereocenters. The molecule has 1 heterocycles. The first kappa shape index (κ1) is 18.7. The minimum atomic E-state index is 0.459. The molecular weight excluding hydrogens is 316 g/mol. The summed E-state index contributed by atoms with van der Waals surface area (Å²) in [6.07, 6.45) is 11.4. The maximum atomic E-state index is 4.67. The van der Waals surface area contributed by atoms with Gasteiger partial charge >= 0.3 is 0 Å². The first-order valence-electron chi connectivity index (χ1n) is 10.0. The van der Waals surface area contributed by atoms with Crippen LogP contribution in [0.5, 0.6) is 0 Å². The van der Waals surface area contributed by atoms with Crippen molar-refractivity contribution in [1.29, 1.82) is 0 Å². The lowest BCUT2D eigenvalue weighted by Gasteiger charge is -2.08. The van der Waals surface area contributed by atoms with Crippen molar-refractivity contribution in [3.8, 4) is 0 Å². The summed E-state index contributed by atoms with van der Waals surface area (Å²) in [5.74, 6) is 2.16. The molecule has 0 aliphatic heterocycles. The van der Waals surface area contributed by atoms with E-state index in [9.17, 15) is 0 Å². The Kier molecular flexibility index (Phi) is 5.80. The fraction of sp³-hybridized carbons (Fsp3) is 0.458. The average molecular weight is 349 g/mol. The third-order valence-corrected chi connectivity index (χ3v) is 5.75. The summed E-state index contributed by atoms with van der Waals surface area (Å²) < 4.78 is 1.91. The summed E-state index contributed by atoms with van der Waals surface area (Å²) in [5, 5.41) is 4.67. The first-order chi connectivity index (χ1) is 12.6. The van der Waals surface area contributed by atoms with Crippen LogP contribution in [0, 0.1) is 5.92 Å². The number of hydrogen-bond donors (Lipinski definition) is 0. The van der Waals surface area contributed by atoms with Crippen molar-refractivity contribution in [3.05, 3.63) is 65.5 Å². The molecule has 1 aliphatic rings. The minimum Gasteiger partial charge on any atom is -0.275 e. The smallest absolute Gasteiger partial charge is 0.0725 e. The van der Waals surface area contributed by atoms with Crippen LogP contribution in [-0.2, 0) is 7.05 Å². The van der Waals surface area contributed by atoms with Gasteiger partial charge in [-0.2, -0.15) is 5.10 Å². The topological polar surface area (TPSA) is 17.8 Å². The van der Waals surface area contributed by atoms with Gasteiger partial charge in [0, 0.05) is 24.7 Å². The van der Waals surface area contributed by atoms with Crippen LogP contribution >= 0.6 is 0 Å². The van der Waals surface area contributed by atoms with Crippen molar-refractivity contribution in [3.63, 3.8) is 0 Å². The van der Waals surface area contributed by atoms with Gasteiger partial charge < -0.3 is 0 Å². The summed E-state index contributed by atoms with van der Waals surface area (Å²) in [5.41, 5.74) is 6.26. The Balaban J connectivity index is 1.83. The zero-order chi connectivity index (χ0) is 18.7. The van der Waals surface area contributed by atoms with Gasteiger partial charge in [-0.1, -0.05) is 70.5 Å². The lowest BCUT2D eigenvalue weighted by Crippen LogP contribution is -1.96. The van der Waals surface area contributed by atoms with Crippen LogP contribution in [0.1, 0.15) is 80.7 Å². The molecule has 1 fully saturated rings. The highest BCUT2D eigenvalue weighted by atomic mass is 15.3. The predicted octanol–water partition coefficient (Wildman–Crippen LogP) is 6.56. The number of hydrogen-bond acceptors (Lipinski definition) is 1. The predicted molar refractivity (Wildman–Crippen MR) is 112 cm³/mol. The van der Waals surface area contributed by atoms with Gasteiger partial charge in [0.1, 0.15) is 0 Å². The zero-order valence-electron chi connectivity index (χ0n) is 16.7. The molecular formula is C24H32N2. The number of aryl methyl sites for hydroxylation is 1. The van der Waals surface area contributed by atoms with Crippen molar-refractivity contribution in [1.82, 2.24) is 9.78 Å². The van der Waals surface area contributed by atoms with E-state index in [2.05, 4.69) is 69.0 Å². The number of allylic oxidation sites excluding steroid dienone is 2. The maximum Gasteiger partial charge on any atom is 0.0725 e. The molecule has 1 aromatic heterocycles. The number of nitrogens with zero attached hydrogens (tertiary/aromatic N) is 2. The Morgan fingerprint density at radius 2 is 2.04 bits per heavy atom. The molecule has 1 aliphatic carbocycles. The molecule has 0 spiro atoms. The molecule has 26 heavy (non-hydrogen) atoms. The van der Waals surface area contributed by atoms with E-state index in [0.29, 0.717) is 5.92 Å². The fourth-order valence-electron chi connectivity index (χ4n) is 3.91. The van der Waals surface area contributed by atoms with E-state index in [-0.39, 0.29) is 0 Å². The molecule has 1 saturated carbocycles. The number of benzene rings is 1. The molecule has 0 bridgehead atoms. The van der Waals surface area contributed by atoms with Gasteiger partial charge in [0.05, 0.1) is 5.69 Å². The van der Waals surface area contributed by atoms with Crippen molar-refractivity contribution >= 4 is 11.6 Å². The molecule has 3 atom stereocenters. The summed E-state index contributed by atoms with van der Waals surface area (Å²) in [7, 11) is 1.99. The highest BCUT2D eigenvalue weighted by Crippen LogP contribution is 2.50. The Morgan fingerprint density at radius 3 is 2.65 bits per heavy atom. The van der Waals surface area contributed by atoms with E-state index < -0.39 is 0 Å². The van der Waals surface area contributed by atoms with E-state index in [1.165, 1.54) is 41.6 Å². The maximum absolute atomic E-state index is 4.67.